The molecule has 2 N–H and O–H groups in total. The Labute approximate surface area is 201 Å². The quantitative estimate of drug-likeness (QED) is 0.568. The fraction of sp³-hybridized carbons (Fsp3) is 0.520. The van der Waals surface area contributed by atoms with Crippen molar-refractivity contribution >= 4 is 23.8 Å². The molecule has 0 bridgehead atoms. The molecule has 1 saturated carbocycles. The van der Waals surface area contributed by atoms with E-state index in [2.05, 4.69) is 15.2 Å². The first-order valence-corrected chi connectivity index (χ1v) is 11.8. The highest BCUT2D eigenvalue weighted by molar-refractivity contribution is 5.78. The first-order valence-electron chi connectivity index (χ1n) is 11.8. The van der Waals surface area contributed by atoms with Gasteiger partial charge in [-0.15, -0.1) is 0 Å². The van der Waals surface area contributed by atoms with Crippen LogP contribution in [0.1, 0.15) is 50.2 Å². The second kappa shape index (κ2) is 11.7. The maximum atomic E-state index is 12.1. The van der Waals surface area contributed by atoms with Gasteiger partial charge in [0.2, 0.25) is 5.95 Å². The summed E-state index contributed by atoms with van der Waals surface area (Å²) in [6.07, 6.45) is 8.19. The molecule has 1 heterocycles. The summed E-state index contributed by atoms with van der Waals surface area (Å²) in [4.78, 5) is 36.5. The Hall–Kier alpha value is -3.36. The summed E-state index contributed by atoms with van der Waals surface area (Å²) < 4.78 is 5.23. The highest BCUT2D eigenvalue weighted by atomic mass is 16.6. The normalized spacial score (nSPS) is 14.8. The first kappa shape index (κ1) is 25.3. The molecule has 0 aliphatic heterocycles. The second-order valence-electron chi connectivity index (χ2n) is 8.95. The number of carboxylic acid groups (broad SMARTS) is 1. The zero-order chi connectivity index (χ0) is 24.7. The molecule has 0 radical (unpaired) electrons. The van der Waals surface area contributed by atoms with Crippen molar-refractivity contribution in [1.82, 2.24) is 14.9 Å². The predicted molar refractivity (Wildman–Crippen MR) is 132 cm³/mol. The average Bonchev–Trinajstić information content (AvgIpc) is 2.84. The lowest BCUT2D eigenvalue weighted by Gasteiger charge is -2.31. The number of nitrogens with one attached hydrogen (secondary N) is 1. The third kappa shape index (κ3) is 6.59. The molecule has 1 aromatic heterocycles. The van der Waals surface area contributed by atoms with Crippen molar-refractivity contribution in [3.63, 3.8) is 0 Å². The van der Waals surface area contributed by atoms with Gasteiger partial charge >= 0.3 is 12.1 Å². The van der Waals surface area contributed by atoms with Crippen molar-refractivity contribution in [2.24, 2.45) is 0 Å². The van der Waals surface area contributed by atoms with Gasteiger partial charge in [0, 0.05) is 45.4 Å². The molecule has 0 unspecified atom stereocenters. The van der Waals surface area contributed by atoms with E-state index in [0.29, 0.717) is 30.0 Å². The molecule has 3 rings (SSSR count). The molecule has 184 valence electrons. The number of amides is 1. The number of aliphatic carboxylic acids is 1. The van der Waals surface area contributed by atoms with Crippen molar-refractivity contribution in [2.75, 3.05) is 31.4 Å². The van der Waals surface area contributed by atoms with Crippen LogP contribution in [0.25, 0.3) is 0 Å². The van der Waals surface area contributed by atoms with Gasteiger partial charge in [0.05, 0.1) is 0 Å². The van der Waals surface area contributed by atoms with Crippen LogP contribution in [0.3, 0.4) is 0 Å². The van der Waals surface area contributed by atoms with Gasteiger partial charge in [-0.05, 0) is 37.0 Å². The Bertz CT molecular complexity index is 974. The van der Waals surface area contributed by atoms with Crippen LogP contribution in [-0.2, 0) is 17.6 Å². The molecule has 34 heavy (non-hydrogen) atoms. The second-order valence-corrected chi connectivity index (χ2v) is 8.95. The largest absolute Gasteiger partial charge is 0.480 e. The Balaban J connectivity index is 1.74. The highest BCUT2D eigenvalue weighted by Crippen LogP contribution is 2.26. The Morgan fingerprint density at radius 2 is 1.82 bits per heavy atom. The van der Waals surface area contributed by atoms with E-state index in [0.717, 1.165) is 24.0 Å². The molecule has 0 spiro atoms. The van der Waals surface area contributed by atoms with Crippen molar-refractivity contribution in [3.8, 4) is 5.75 Å². The van der Waals surface area contributed by atoms with Gasteiger partial charge < -0.3 is 25.0 Å². The van der Waals surface area contributed by atoms with E-state index in [9.17, 15) is 14.7 Å². The molecule has 1 fully saturated rings. The molecule has 2 aromatic rings. The fourth-order valence-electron chi connectivity index (χ4n) is 4.07. The Morgan fingerprint density at radius 3 is 2.41 bits per heavy atom. The molecule has 1 aliphatic carbocycles. The smallest absolute Gasteiger partial charge is 0.414 e. The molecule has 1 aromatic carbocycles. The summed E-state index contributed by atoms with van der Waals surface area (Å²) in [5, 5.41) is 13.0. The molecule has 1 aliphatic rings. The van der Waals surface area contributed by atoms with Gasteiger partial charge in [-0.3, -0.25) is 0 Å². The van der Waals surface area contributed by atoms with Crippen LogP contribution in [0, 0.1) is 0 Å². The van der Waals surface area contributed by atoms with Crippen LogP contribution >= 0.6 is 0 Å². The Kier molecular flexibility index (Phi) is 8.67. The van der Waals surface area contributed by atoms with E-state index in [4.69, 9.17) is 9.72 Å². The minimum absolute atomic E-state index is 0.248. The molecule has 9 nitrogen and oxygen atoms in total. The lowest BCUT2D eigenvalue weighted by atomic mass is 9.95. The lowest BCUT2D eigenvalue weighted by Crippen LogP contribution is -2.35. The molecule has 1 atom stereocenters. The first-order chi connectivity index (χ1) is 16.3. The number of rotatable bonds is 9. The zero-order valence-electron chi connectivity index (χ0n) is 20.5. The monoisotopic (exact) mass is 469 g/mol. The number of carbonyl (C=O) groups is 2. The number of aromatic nitrogens is 2. The topological polar surface area (TPSA) is 108 Å². The third-order valence-electron chi connectivity index (χ3n) is 6.21. The van der Waals surface area contributed by atoms with Gasteiger partial charge in [-0.1, -0.05) is 38.3 Å². The van der Waals surface area contributed by atoms with Crippen LogP contribution in [0.15, 0.2) is 30.5 Å². The van der Waals surface area contributed by atoms with Gasteiger partial charge in [0.15, 0.2) is 0 Å². The van der Waals surface area contributed by atoms with E-state index < -0.39 is 18.1 Å². The number of carbonyl (C=O) groups excluding carboxylic acids is 1. The van der Waals surface area contributed by atoms with Gasteiger partial charge in [0.25, 0.3) is 0 Å². The maximum Gasteiger partial charge on any atom is 0.414 e. The van der Waals surface area contributed by atoms with E-state index in [1.54, 1.807) is 44.6 Å². The van der Waals surface area contributed by atoms with Crippen LogP contribution in [0.4, 0.5) is 16.6 Å². The van der Waals surface area contributed by atoms with Gasteiger partial charge in [-0.25, -0.2) is 14.6 Å². The number of ether oxygens (including phenoxy) is 1. The molecule has 9 heteroatoms. The zero-order valence-corrected chi connectivity index (χ0v) is 20.5. The van der Waals surface area contributed by atoms with Crippen molar-refractivity contribution in [3.05, 3.63) is 41.6 Å². The number of benzene rings is 1. The van der Waals surface area contributed by atoms with Crippen LogP contribution in [-0.4, -0.2) is 65.3 Å². The summed E-state index contributed by atoms with van der Waals surface area (Å²) in [5.41, 5.74) is 1.68. The lowest BCUT2D eigenvalue weighted by molar-refractivity contribution is -0.137. The minimum atomic E-state index is -0.967. The highest BCUT2D eigenvalue weighted by Gasteiger charge is 2.23. The minimum Gasteiger partial charge on any atom is -0.480 e. The summed E-state index contributed by atoms with van der Waals surface area (Å²) in [6, 6.07) is 6.38. The van der Waals surface area contributed by atoms with E-state index >= 15 is 0 Å². The van der Waals surface area contributed by atoms with Crippen molar-refractivity contribution in [1.29, 1.82) is 0 Å². The number of hydrogen-bond donors (Lipinski definition) is 2. The average molecular weight is 470 g/mol. The number of nitrogens with zero attached hydrogens (tertiary/aromatic N) is 4. The number of aryl methyl sites for hydroxylation is 1. The summed E-state index contributed by atoms with van der Waals surface area (Å²) in [5.74, 6) is 0.606. The van der Waals surface area contributed by atoms with Crippen molar-refractivity contribution in [2.45, 2.75) is 64.0 Å². The fourth-order valence-corrected chi connectivity index (χ4v) is 4.07. The van der Waals surface area contributed by atoms with Gasteiger partial charge in [-0.2, -0.15) is 4.98 Å². The molecule has 0 saturated heterocycles. The number of hydrogen-bond acceptors (Lipinski definition) is 7. The van der Waals surface area contributed by atoms with E-state index in [-0.39, 0.29) is 6.42 Å². The van der Waals surface area contributed by atoms with Crippen LogP contribution < -0.4 is 15.0 Å². The molecule has 1 amide bonds. The van der Waals surface area contributed by atoms with Gasteiger partial charge in [0.1, 0.15) is 17.6 Å². The van der Waals surface area contributed by atoms with E-state index in [1.165, 1.54) is 24.2 Å². The van der Waals surface area contributed by atoms with Crippen LogP contribution in [0.2, 0.25) is 0 Å². The predicted octanol–water partition coefficient (Wildman–Crippen LogP) is 3.98. The SMILES string of the molecule is CCc1cnc(N(C)C2CCCCC2)nc1N[C@@H](Cc1ccc(OC(=O)N(C)C)cc1)C(=O)O. The Morgan fingerprint density at radius 1 is 1.15 bits per heavy atom. The summed E-state index contributed by atoms with van der Waals surface area (Å²) in [6.45, 7) is 2.00. The third-order valence-corrected chi connectivity index (χ3v) is 6.21. The molecular formula is C25H35N5O4. The van der Waals surface area contributed by atoms with Crippen molar-refractivity contribution < 1.29 is 19.4 Å². The summed E-state index contributed by atoms with van der Waals surface area (Å²) >= 11 is 0. The maximum absolute atomic E-state index is 12.1. The van der Waals surface area contributed by atoms with Crippen LogP contribution in [0.5, 0.6) is 5.75 Å². The summed E-state index contributed by atoms with van der Waals surface area (Å²) in [7, 11) is 5.23. The number of anilines is 2. The molecular weight excluding hydrogens is 434 g/mol. The standard InChI is InChI=1S/C25H35N5O4/c1-5-18-16-26-24(30(4)19-9-7-6-8-10-19)28-22(18)27-21(23(31)32)15-17-11-13-20(14-12-17)34-25(33)29(2)3/h11-14,16,19,21H,5-10,15H2,1-4H3,(H,31,32)(H,26,27,28)/t21-/m0/s1. The van der Waals surface area contributed by atoms with E-state index in [1.807, 2.05) is 14.0 Å². The number of carboxylic acids is 1.